The van der Waals surface area contributed by atoms with E-state index in [1.54, 1.807) is 39.1 Å². The zero-order chi connectivity index (χ0) is 13.3. The minimum absolute atomic E-state index is 0.494. The largest absolute Gasteiger partial charge is 0.502 e. The molecule has 0 aliphatic rings. The van der Waals surface area contributed by atoms with Crippen molar-refractivity contribution >= 4 is 23.2 Å². The summed E-state index contributed by atoms with van der Waals surface area (Å²) in [6.07, 6.45) is 0. The minimum atomic E-state index is -1.14. The van der Waals surface area contributed by atoms with Crippen LogP contribution in [0, 0.1) is 11.3 Å². The van der Waals surface area contributed by atoms with E-state index in [-0.39, 0.29) is 0 Å². The number of hydrogen-bond donors (Lipinski definition) is 2. The maximum atomic E-state index is 9.91. The van der Waals surface area contributed by atoms with E-state index < -0.39 is 18.3 Å². The second kappa shape index (κ2) is 4.79. The fourth-order valence-electron chi connectivity index (χ4n) is 1.02. The molecule has 0 atom stereocenters. The molecular formula is C11H16BNO3S. The Labute approximate surface area is 106 Å². The third-order valence-corrected chi connectivity index (χ3v) is 3.84. The lowest BCUT2D eigenvalue weighted by atomic mass is 9.82. The van der Waals surface area contributed by atoms with Gasteiger partial charge in [-0.15, -0.1) is 0 Å². The van der Waals surface area contributed by atoms with Gasteiger partial charge in [-0.1, -0.05) is 0 Å². The van der Waals surface area contributed by atoms with E-state index in [1.807, 2.05) is 6.07 Å². The molecule has 1 rings (SSSR count). The van der Waals surface area contributed by atoms with Crippen LogP contribution in [0.3, 0.4) is 0 Å². The summed E-state index contributed by atoms with van der Waals surface area (Å²) in [4.78, 5) is 0. The first kappa shape index (κ1) is 14.2. The lowest BCUT2D eigenvalue weighted by molar-refractivity contribution is -0.0981. The van der Waals surface area contributed by atoms with E-state index in [4.69, 9.17) is 9.92 Å². The number of hydrogen-bond acceptors (Lipinski definition) is 5. The molecule has 0 saturated heterocycles. The number of aliphatic hydroxyl groups is 1. The molecule has 2 N–H and O–H groups in total. The van der Waals surface area contributed by atoms with E-state index in [9.17, 15) is 10.1 Å². The molecule has 6 heteroatoms. The lowest BCUT2D eigenvalue weighted by Crippen LogP contribution is -2.52. The van der Waals surface area contributed by atoms with Crippen molar-refractivity contribution in [2.45, 2.75) is 38.9 Å². The Morgan fingerprint density at radius 1 is 1.41 bits per heavy atom. The normalized spacial score (nSPS) is 12.3. The van der Waals surface area contributed by atoms with Gasteiger partial charge in [-0.2, -0.15) is 16.6 Å². The van der Waals surface area contributed by atoms with Crippen molar-refractivity contribution in [1.82, 2.24) is 0 Å². The Morgan fingerprint density at radius 3 is 2.41 bits per heavy atom. The zero-order valence-corrected chi connectivity index (χ0v) is 11.2. The molecule has 0 unspecified atom stereocenters. The maximum Gasteiger partial charge on any atom is 0.502 e. The number of thiophene rings is 1. The summed E-state index contributed by atoms with van der Waals surface area (Å²) in [6.45, 7) is 6.65. The van der Waals surface area contributed by atoms with Crippen molar-refractivity contribution in [2.24, 2.45) is 0 Å². The average molecular weight is 253 g/mol. The van der Waals surface area contributed by atoms with Gasteiger partial charge in [-0.05, 0) is 33.8 Å². The molecule has 92 valence electrons. The van der Waals surface area contributed by atoms with Crippen LogP contribution in [0.25, 0.3) is 0 Å². The van der Waals surface area contributed by atoms with Gasteiger partial charge in [-0.3, -0.25) is 0 Å². The second-order valence-electron chi connectivity index (χ2n) is 4.89. The van der Waals surface area contributed by atoms with Gasteiger partial charge in [0.25, 0.3) is 0 Å². The van der Waals surface area contributed by atoms with E-state index in [0.29, 0.717) is 10.3 Å². The van der Waals surface area contributed by atoms with Gasteiger partial charge in [0, 0.05) is 10.2 Å². The molecule has 0 spiro atoms. The summed E-state index contributed by atoms with van der Waals surface area (Å²) in [6, 6.07) is 3.57. The summed E-state index contributed by atoms with van der Waals surface area (Å²) in [5.41, 5.74) is -1.49. The fourth-order valence-corrected chi connectivity index (χ4v) is 1.77. The van der Waals surface area contributed by atoms with E-state index in [1.165, 1.54) is 11.3 Å². The quantitative estimate of drug-likeness (QED) is 0.781. The SMILES string of the molecule is CC(C)(O)C(C)(C)OB(O)c1cc(C#N)cs1. The number of rotatable bonds is 4. The molecule has 1 aromatic rings. The van der Waals surface area contributed by atoms with Gasteiger partial charge in [0.1, 0.15) is 0 Å². The molecule has 1 heterocycles. The summed E-state index contributed by atoms with van der Waals surface area (Å²) in [5.74, 6) is 0. The average Bonchev–Trinajstić information content (AvgIpc) is 2.63. The van der Waals surface area contributed by atoms with Gasteiger partial charge in [0.2, 0.25) is 0 Å². The molecule has 4 nitrogen and oxygen atoms in total. The van der Waals surface area contributed by atoms with Crippen molar-refractivity contribution < 1.29 is 14.8 Å². The topological polar surface area (TPSA) is 73.5 Å². The van der Waals surface area contributed by atoms with Crippen LogP contribution in [-0.4, -0.2) is 28.5 Å². The molecule has 0 fully saturated rings. The fraction of sp³-hybridized carbons (Fsp3) is 0.545. The Hall–Kier alpha value is -0.865. The highest BCUT2D eigenvalue weighted by molar-refractivity contribution is 7.20. The number of nitrogens with zero attached hydrogens (tertiary/aromatic N) is 1. The van der Waals surface area contributed by atoms with Crippen molar-refractivity contribution in [3.8, 4) is 6.07 Å². The molecule has 0 aliphatic heterocycles. The Balaban J connectivity index is 2.80. The van der Waals surface area contributed by atoms with Crippen molar-refractivity contribution in [1.29, 1.82) is 5.26 Å². The van der Waals surface area contributed by atoms with Crippen molar-refractivity contribution in [3.05, 3.63) is 17.0 Å². The zero-order valence-electron chi connectivity index (χ0n) is 10.4. The molecule has 17 heavy (non-hydrogen) atoms. The predicted molar refractivity (Wildman–Crippen MR) is 68.1 cm³/mol. The van der Waals surface area contributed by atoms with Gasteiger partial charge in [0.05, 0.1) is 22.8 Å². The lowest BCUT2D eigenvalue weighted by Gasteiger charge is -2.38. The first-order valence-corrected chi connectivity index (χ1v) is 6.12. The van der Waals surface area contributed by atoms with Crippen LogP contribution in [0.15, 0.2) is 11.4 Å². The summed E-state index contributed by atoms with van der Waals surface area (Å²) in [5, 5.41) is 30.1. The molecule has 0 radical (unpaired) electrons. The highest BCUT2D eigenvalue weighted by Gasteiger charge is 2.39. The van der Waals surface area contributed by atoms with Crippen LogP contribution in [0.5, 0.6) is 0 Å². The van der Waals surface area contributed by atoms with Crippen molar-refractivity contribution in [3.63, 3.8) is 0 Å². The Morgan fingerprint density at radius 2 is 2.00 bits per heavy atom. The first-order valence-electron chi connectivity index (χ1n) is 5.24. The smallest absolute Gasteiger partial charge is 0.423 e. The monoisotopic (exact) mass is 253 g/mol. The molecular weight excluding hydrogens is 237 g/mol. The van der Waals surface area contributed by atoms with Crippen LogP contribution in [-0.2, 0) is 4.65 Å². The Kier molecular flexibility index (Phi) is 4.00. The summed E-state index contributed by atoms with van der Waals surface area (Å²) in [7, 11) is -1.14. The third-order valence-electron chi connectivity index (χ3n) is 2.87. The minimum Gasteiger partial charge on any atom is -0.423 e. The van der Waals surface area contributed by atoms with E-state index in [0.717, 1.165) is 0 Å². The van der Waals surface area contributed by atoms with Crippen LogP contribution in [0.2, 0.25) is 0 Å². The van der Waals surface area contributed by atoms with Crippen LogP contribution < -0.4 is 4.78 Å². The van der Waals surface area contributed by atoms with E-state index >= 15 is 0 Å². The van der Waals surface area contributed by atoms with Gasteiger partial charge >= 0.3 is 7.12 Å². The molecule has 0 amide bonds. The maximum absolute atomic E-state index is 9.91. The molecule has 0 aromatic carbocycles. The number of nitriles is 1. The first-order chi connectivity index (χ1) is 7.67. The molecule has 0 bridgehead atoms. The highest BCUT2D eigenvalue weighted by atomic mass is 32.1. The summed E-state index contributed by atoms with van der Waals surface area (Å²) < 4.78 is 6.01. The Bertz CT molecular complexity index is 431. The predicted octanol–water partition coefficient (Wildman–Crippen LogP) is 0.873. The van der Waals surface area contributed by atoms with Gasteiger partial charge in [0.15, 0.2) is 0 Å². The molecule has 0 saturated carbocycles. The van der Waals surface area contributed by atoms with Crippen molar-refractivity contribution in [2.75, 3.05) is 0 Å². The second-order valence-corrected chi connectivity index (χ2v) is 5.83. The standard InChI is InChI=1S/C11H16BNO3S/c1-10(2,14)11(3,4)16-12(15)9-5-8(6-13)7-17-9/h5,7,14-15H,1-4H3. The van der Waals surface area contributed by atoms with Gasteiger partial charge < -0.3 is 14.8 Å². The summed E-state index contributed by atoms with van der Waals surface area (Å²) >= 11 is 1.25. The molecule has 0 aliphatic carbocycles. The molecule has 1 aromatic heterocycles. The third kappa shape index (κ3) is 3.30. The highest BCUT2D eigenvalue weighted by Crippen LogP contribution is 2.25. The van der Waals surface area contributed by atoms with Gasteiger partial charge in [-0.25, -0.2) is 0 Å². The van der Waals surface area contributed by atoms with Crippen LogP contribution >= 0.6 is 11.3 Å². The van der Waals surface area contributed by atoms with Crippen LogP contribution in [0.1, 0.15) is 33.3 Å². The van der Waals surface area contributed by atoms with E-state index in [2.05, 4.69) is 0 Å². The van der Waals surface area contributed by atoms with Crippen LogP contribution in [0.4, 0.5) is 0 Å².